The second kappa shape index (κ2) is 10.6. The molecule has 1 saturated carbocycles. The van der Waals surface area contributed by atoms with Gasteiger partial charge < -0.3 is 19.3 Å². The Morgan fingerprint density at radius 1 is 1.05 bits per heavy atom. The van der Waals surface area contributed by atoms with Crippen molar-refractivity contribution in [2.45, 2.75) is 29.6 Å². The Labute approximate surface area is 218 Å². The number of aliphatic hydroxyl groups is 1. The number of fused-ring (bicyclic) bond motifs is 1. The molecule has 1 aliphatic heterocycles. The van der Waals surface area contributed by atoms with E-state index in [2.05, 4.69) is 9.71 Å². The summed E-state index contributed by atoms with van der Waals surface area (Å²) < 4.78 is 43.4. The van der Waals surface area contributed by atoms with Crippen molar-refractivity contribution < 1.29 is 35.4 Å². The van der Waals surface area contributed by atoms with Crippen LogP contribution in [0.3, 0.4) is 0 Å². The van der Waals surface area contributed by atoms with Gasteiger partial charge in [-0.3, -0.25) is 9.78 Å². The van der Waals surface area contributed by atoms with Gasteiger partial charge in [-0.1, -0.05) is 24.3 Å². The number of hydrogen-bond acceptors (Lipinski definition) is 8. The zero-order valence-corrected chi connectivity index (χ0v) is 21.0. The molecular weight excluding hydrogens is 496 g/mol. The van der Waals surface area contributed by atoms with E-state index in [1.807, 2.05) is 36.4 Å². The van der Waals surface area contributed by atoms with Crippen LogP contribution in [0.2, 0.25) is 0 Å². The predicted molar refractivity (Wildman–Crippen MR) is 139 cm³/mol. The molecule has 0 amide bonds. The Morgan fingerprint density at radius 3 is 2.59 bits per heavy atom. The Bertz CT molecular complexity index is 1400. The van der Waals surface area contributed by atoms with Gasteiger partial charge in [-0.2, -0.15) is 0 Å². The van der Waals surface area contributed by atoms with Crippen molar-refractivity contribution >= 4 is 15.8 Å². The lowest BCUT2D eigenvalue weighted by Crippen LogP contribution is -2.27. The molecule has 0 spiro atoms. The molecule has 1 fully saturated rings. The van der Waals surface area contributed by atoms with E-state index in [1.54, 1.807) is 12.1 Å². The summed E-state index contributed by atoms with van der Waals surface area (Å²) >= 11 is 0. The van der Waals surface area contributed by atoms with E-state index in [4.69, 9.17) is 19.3 Å². The number of hydrogen-bond donors (Lipinski definition) is 2. The van der Waals surface area contributed by atoms with Crippen molar-refractivity contribution in [3.63, 3.8) is 0 Å². The summed E-state index contributed by atoms with van der Waals surface area (Å²) in [6, 6.07) is 17.6. The number of carbonyl (C=O) groups excluding carboxylic acids is 1. The molecular formula is C27H32N2O7S. The number of aliphatic hydroxyl groups excluding tert-OH is 1. The molecule has 2 aliphatic rings. The van der Waals surface area contributed by atoms with Gasteiger partial charge in [0, 0.05) is 27.1 Å². The van der Waals surface area contributed by atoms with Crippen LogP contribution in [-0.2, 0) is 31.4 Å². The van der Waals surface area contributed by atoms with Gasteiger partial charge in [-0.15, -0.1) is 0 Å². The molecule has 2 aromatic carbocycles. The number of carbonyl (C=O) groups is 1. The maximum Gasteiger partial charge on any atom is 0.240 e. The summed E-state index contributed by atoms with van der Waals surface area (Å²) in [5, 5.41) is 8.70. The smallest absolute Gasteiger partial charge is 0.240 e. The molecule has 1 aromatic heterocycles. The van der Waals surface area contributed by atoms with Gasteiger partial charge in [-0.25, -0.2) is 13.1 Å². The summed E-state index contributed by atoms with van der Waals surface area (Å²) in [6.07, 6.45) is 1.79. The molecule has 2 heterocycles. The number of ketones is 1. The van der Waals surface area contributed by atoms with E-state index >= 15 is 0 Å². The third-order valence-electron chi connectivity index (χ3n) is 6.59. The summed E-state index contributed by atoms with van der Waals surface area (Å²) in [4.78, 5) is 18.1. The molecule has 37 heavy (non-hydrogen) atoms. The lowest BCUT2D eigenvalue weighted by Gasteiger charge is -2.15. The molecule has 1 aliphatic carbocycles. The summed E-state index contributed by atoms with van der Waals surface area (Å²) in [5.74, 6) is 1.49. The average molecular weight is 529 g/mol. The van der Waals surface area contributed by atoms with Crippen molar-refractivity contribution in [3.8, 4) is 22.8 Å². The van der Waals surface area contributed by atoms with Crippen LogP contribution in [0.25, 0.3) is 11.3 Å². The molecule has 0 atom stereocenters. The maximum atomic E-state index is 13.3. The van der Waals surface area contributed by atoms with Crippen LogP contribution in [0, 0.1) is 0 Å². The minimum atomic E-state index is -3.68. The molecule has 0 bridgehead atoms. The molecule has 5 rings (SSSR count). The number of rotatable bonds is 12. The third kappa shape index (κ3) is 5.52. The van der Waals surface area contributed by atoms with Gasteiger partial charge in [0.25, 0.3) is 0 Å². The van der Waals surface area contributed by atoms with Gasteiger partial charge in [-0.05, 0) is 54.8 Å². The molecule has 10 heteroatoms. The highest BCUT2D eigenvalue weighted by molar-refractivity contribution is 7.89. The SMILES string of the molecule is O=C(Cc1cccc(-c2ccc(S(=O)(=O)NCCOCCO)cc2)n1)C1(c2ccc3c(c2)OCO3)CC1.[HH].[HH]. The molecule has 198 valence electrons. The lowest BCUT2D eigenvalue weighted by atomic mass is 9.88. The van der Waals surface area contributed by atoms with Gasteiger partial charge in [0.1, 0.15) is 5.78 Å². The molecule has 2 N–H and O–H groups in total. The van der Waals surface area contributed by atoms with E-state index in [0.29, 0.717) is 22.9 Å². The van der Waals surface area contributed by atoms with Gasteiger partial charge >= 0.3 is 0 Å². The molecule has 0 saturated heterocycles. The van der Waals surface area contributed by atoms with E-state index in [9.17, 15) is 13.2 Å². The number of aromatic nitrogens is 1. The summed E-state index contributed by atoms with van der Waals surface area (Å²) in [7, 11) is -3.68. The Kier molecular flexibility index (Phi) is 7.25. The van der Waals surface area contributed by atoms with E-state index in [0.717, 1.165) is 24.0 Å². The lowest BCUT2D eigenvalue weighted by molar-refractivity contribution is -0.120. The predicted octanol–water partition coefficient (Wildman–Crippen LogP) is 3.10. The standard InChI is InChI=1S/C27H28N2O7S.2H2/c30-13-15-34-14-12-28-37(32,33)22-7-4-19(5-8-22)23-3-1-2-21(29-23)17-26(31)27(10-11-27)20-6-9-24-25(16-20)36-18-35-24;;/h1-9,16,28,30H,10-15,17-18H2;2*1H. The molecule has 9 nitrogen and oxygen atoms in total. The van der Waals surface area contributed by atoms with Gasteiger partial charge in [0.15, 0.2) is 11.5 Å². The van der Waals surface area contributed by atoms with Crippen molar-refractivity contribution in [1.29, 1.82) is 0 Å². The second-order valence-electron chi connectivity index (χ2n) is 9.02. The Morgan fingerprint density at radius 2 is 1.84 bits per heavy atom. The van der Waals surface area contributed by atoms with E-state index in [1.165, 1.54) is 12.1 Å². The number of pyridine rings is 1. The zero-order valence-electron chi connectivity index (χ0n) is 20.2. The van der Waals surface area contributed by atoms with Crippen LogP contribution in [0.5, 0.6) is 11.5 Å². The zero-order chi connectivity index (χ0) is 25.9. The monoisotopic (exact) mass is 528 g/mol. The number of Topliss-reactive ketones (excluding diaryl/α,β-unsaturated/α-hetero) is 1. The van der Waals surface area contributed by atoms with Crippen molar-refractivity contribution in [2.75, 3.05) is 33.2 Å². The summed E-state index contributed by atoms with van der Waals surface area (Å²) in [5.41, 5.74) is 2.51. The fourth-order valence-corrected chi connectivity index (χ4v) is 5.44. The highest BCUT2D eigenvalue weighted by atomic mass is 32.2. The van der Waals surface area contributed by atoms with Crippen molar-refractivity contribution in [1.82, 2.24) is 9.71 Å². The van der Waals surface area contributed by atoms with Crippen molar-refractivity contribution in [2.24, 2.45) is 0 Å². The van der Waals surface area contributed by atoms with Crippen LogP contribution in [0.15, 0.2) is 65.6 Å². The molecule has 3 aromatic rings. The first-order valence-corrected chi connectivity index (χ1v) is 13.6. The minimum Gasteiger partial charge on any atom is -0.454 e. The fraction of sp³-hybridized carbons (Fsp3) is 0.333. The maximum absolute atomic E-state index is 13.3. The molecule has 0 unspecified atom stereocenters. The largest absolute Gasteiger partial charge is 0.454 e. The topological polar surface area (TPSA) is 124 Å². The first-order chi connectivity index (χ1) is 17.9. The van der Waals surface area contributed by atoms with Crippen LogP contribution in [0.1, 0.15) is 27.0 Å². The second-order valence-corrected chi connectivity index (χ2v) is 10.8. The highest BCUT2D eigenvalue weighted by Crippen LogP contribution is 2.51. The molecule has 0 radical (unpaired) electrons. The summed E-state index contributed by atoms with van der Waals surface area (Å²) in [6.45, 7) is 0.519. The average Bonchev–Trinajstić information content (AvgIpc) is 3.59. The van der Waals surface area contributed by atoms with Crippen LogP contribution in [0.4, 0.5) is 0 Å². The Balaban J connectivity index is 0.00000210. The number of sulfonamides is 1. The normalized spacial score (nSPS) is 15.5. The number of nitrogens with zero attached hydrogens (tertiary/aromatic N) is 1. The number of ether oxygens (including phenoxy) is 3. The third-order valence-corrected chi connectivity index (χ3v) is 8.07. The number of nitrogens with one attached hydrogen (secondary N) is 1. The Hall–Kier alpha value is -3.31. The van der Waals surface area contributed by atoms with Crippen LogP contribution in [-0.4, -0.2) is 57.4 Å². The van der Waals surface area contributed by atoms with E-state index in [-0.39, 0.29) is 53.1 Å². The van der Waals surface area contributed by atoms with Gasteiger partial charge in [0.2, 0.25) is 16.8 Å². The minimum absolute atomic E-state index is 0. The first-order valence-electron chi connectivity index (χ1n) is 12.1. The van der Waals surface area contributed by atoms with E-state index < -0.39 is 15.4 Å². The van der Waals surface area contributed by atoms with Crippen molar-refractivity contribution in [3.05, 3.63) is 71.9 Å². The van der Waals surface area contributed by atoms with Crippen LogP contribution < -0.4 is 14.2 Å². The first kappa shape index (κ1) is 25.3. The fourth-order valence-electron chi connectivity index (χ4n) is 4.42. The van der Waals surface area contributed by atoms with Crippen LogP contribution >= 0.6 is 0 Å². The highest BCUT2D eigenvalue weighted by Gasteiger charge is 2.51. The number of benzene rings is 2. The van der Waals surface area contributed by atoms with Gasteiger partial charge in [0.05, 0.1) is 35.8 Å². The quantitative estimate of drug-likeness (QED) is 0.344.